The van der Waals surface area contributed by atoms with E-state index in [2.05, 4.69) is 27.6 Å². The molecule has 1 unspecified atom stereocenters. The summed E-state index contributed by atoms with van der Waals surface area (Å²) in [6.45, 7) is 6.17. The molecule has 188 valence electrons. The van der Waals surface area contributed by atoms with Gasteiger partial charge in [-0.05, 0) is 38.5 Å². The molecular weight excluding hydrogens is 480 g/mol. The second-order valence-electron chi connectivity index (χ2n) is 8.13. The van der Waals surface area contributed by atoms with Gasteiger partial charge >= 0.3 is 0 Å². The van der Waals surface area contributed by atoms with Gasteiger partial charge in [-0.25, -0.2) is 4.68 Å². The Kier molecular flexibility index (Phi) is 7.89. The van der Waals surface area contributed by atoms with E-state index in [1.165, 1.54) is 17.8 Å². The highest BCUT2D eigenvalue weighted by molar-refractivity contribution is 7.99. The van der Waals surface area contributed by atoms with Crippen molar-refractivity contribution in [2.45, 2.75) is 44.8 Å². The SMILES string of the molecule is CCCCSc1nc2n(n1)C(c1ccccc1[N+](=O)[O-])C(C(=O)Nc1ccccc1OCC)=C(C)N2. The lowest BCUT2D eigenvalue weighted by Crippen LogP contribution is -2.32. The van der Waals surface area contributed by atoms with Crippen molar-refractivity contribution in [3.8, 4) is 5.75 Å². The zero-order valence-corrected chi connectivity index (χ0v) is 21.2. The number of fused-ring (bicyclic) bond motifs is 1. The number of aromatic nitrogens is 3. The largest absolute Gasteiger partial charge is 0.492 e. The lowest BCUT2D eigenvalue weighted by molar-refractivity contribution is -0.385. The van der Waals surface area contributed by atoms with Crippen LogP contribution in [0.2, 0.25) is 0 Å². The van der Waals surface area contributed by atoms with Crippen LogP contribution in [0.4, 0.5) is 17.3 Å². The Hall–Kier alpha value is -3.86. The maximum atomic E-state index is 13.7. The Morgan fingerprint density at radius 1 is 1.22 bits per heavy atom. The second-order valence-corrected chi connectivity index (χ2v) is 9.19. The van der Waals surface area contributed by atoms with Crippen molar-refractivity contribution in [2.24, 2.45) is 0 Å². The Balaban J connectivity index is 1.79. The number of nitro benzene ring substituents is 1. The van der Waals surface area contributed by atoms with Gasteiger partial charge in [-0.1, -0.05) is 49.4 Å². The molecule has 1 aliphatic rings. The lowest BCUT2D eigenvalue weighted by Gasteiger charge is -2.28. The van der Waals surface area contributed by atoms with E-state index < -0.39 is 16.9 Å². The summed E-state index contributed by atoms with van der Waals surface area (Å²) < 4.78 is 7.22. The van der Waals surface area contributed by atoms with Crippen LogP contribution in [0.15, 0.2) is 65.0 Å². The number of nitrogens with zero attached hydrogens (tertiary/aromatic N) is 4. The molecule has 0 bridgehead atoms. The van der Waals surface area contributed by atoms with Crippen molar-refractivity contribution in [1.82, 2.24) is 14.8 Å². The number of benzene rings is 2. The van der Waals surface area contributed by atoms with Crippen molar-refractivity contribution in [3.05, 3.63) is 75.5 Å². The number of ether oxygens (including phenoxy) is 1. The van der Waals surface area contributed by atoms with Gasteiger partial charge in [0.15, 0.2) is 0 Å². The van der Waals surface area contributed by atoms with Crippen LogP contribution in [0.25, 0.3) is 0 Å². The number of nitro groups is 1. The molecule has 0 fully saturated rings. The number of carbonyl (C=O) groups excluding carboxylic acids is 1. The Morgan fingerprint density at radius 3 is 2.72 bits per heavy atom. The highest BCUT2D eigenvalue weighted by Gasteiger charge is 2.38. The predicted octanol–water partition coefficient (Wildman–Crippen LogP) is 5.40. The molecule has 0 saturated carbocycles. The van der Waals surface area contributed by atoms with Crippen LogP contribution in [-0.2, 0) is 4.79 Å². The summed E-state index contributed by atoms with van der Waals surface area (Å²) in [4.78, 5) is 29.8. The Bertz CT molecular complexity index is 1310. The molecule has 1 atom stereocenters. The third-order valence-electron chi connectivity index (χ3n) is 5.67. The monoisotopic (exact) mass is 508 g/mol. The van der Waals surface area contributed by atoms with Crippen LogP contribution in [-0.4, -0.2) is 38.0 Å². The molecule has 10 nitrogen and oxygen atoms in total. The molecule has 2 N–H and O–H groups in total. The highest BCUT2D eigenvalue weighted by atomic mass is 32.2. The summed E-state index contributed by atoms with van der Waals surface area (Å²) in [6.07, 6.45) is 2.06. The van der Waals surface area contributed by atoms with Crippen molar-refractivity contribution in [3.63, 3.8) is 0 Å². The lowest BCUT2D eigenvalue weighted by atomic mass is 9.93. The fourth-order valence-corrected chi connectivity index (χ4v) is 4.92. The zero-order chi connectivity index (χ0) is 25.7. The molecule has 0 saturated heterocycles. The van der Waals surface area contributed by atoms with Gasteiger partial charge < -0.3 is 15.4 Å². The first-order valence-electron chi connectivity index (χ1n) is 11.8. The summed E-state index contributed by atoms with van der Waals surface area (Å²) in [6, 6.07) is 12.7. The van der Waals surface area contributed by atoms with E-state index in [-0.39, 0.29) is 5.69 Å². The first-order chi connectivity index (χ1) is 17.4. The molecule has 0 aliphatic carbocycles. The smallest absolute Gasteiger partial charge is 0.275 e. The van der Waals surface area contributed by atoms with Gasteiger partial charge in [0.25, 0.3) is 11.6 Å². The van der Waals surface area contributed by atoms with E-state index in [4.69, 9.17) is 4.74 Å². The third kappa shape index (κ3) is 5.20. The van der Waals surface area contributed by atoms with E-state index in [0.717, 1.165) is 18.6 Å². The van der Waals surface area contributed by atoms with Gasteiger partial charge in [-0.15, -0.1) is 5.10 Å². The van der Waals surface area contributed by atoms with Crippen LogP contribution in [0.3, 0.4) is 0 Å². The third-order valence-corrected chi connectivity index (χ3v) is 6.59. The molecule has 2 aromatic carbocycles. The number of nitrogens with one attached hydrogen (secondary N) is 2. The van der Waals surface area contributed by atoms with Gasteiger partial charge in [0.1, 0.15) is 11.8 Å². The average molecular weight is 509 g/mol. The quantitative estimate of drug-likeness (QED) is 0.161. The second kappa shape index (κ2) is 11.3. The number of thioether (sulfide) groups is 1. The van der Waals surface area contributed by atoms with Crippen LogP contribution >= 0.6 is 11.8 Å². The van der Waals surface area contributed by atoms with Gasteiger partial charge in [-0.3, -0.25) is 14.9 Å². The molecule has 36 heavy (non-hydrogen) atoms. The minimum absolute atomic E-state index is 0.0983. The predicted molar refractivity (Wildman–Crippen MR) is 139 cm³/mol. The topological polar surface area (TPSA) is 124 Å². The summed E-state index contributed by atoms with van der Waals surface area (Å²) >= 11 is 1.51. The molecule has 4 rings (SSSR count). The van der Waals surface area contributed by atoms with Crippen molar-refractivity contribution in [2.75, 3.05) is 23.0 Å². The van der Waals surface area contributed by atoms with Crippen molar-refractivity contribution >= 4 is 35.0 Å². The fraction of sp³-hybridized carbons (Fsp3) is 0.320. The molecule has 1 amide bonds. The van der Waals surface area contributed by atoms with Crippen LogP contribution < -0.4 is 15.4 Å². The van der Waals surface area contributed by atoms with E-state index in [1.54, 1.807) is 48.0 Å². The first-order valence-corrected chi connectivity index (χ1v) is 12.8. The summed E-state index contributed by atoms with van der Waals surface area (Å²) in [5.74, 6) is 1.40. The Morgan fingerprint density at radius 2 is 1.97 bits per heavy atom. The van der Waals surface area contributed by atoms with E-state index in [1.807, 2.05) is 13.0 Å². The van der Waals surface area contributed by atoms with E-state index >= 15 is 0 Å². The van der Waals surface area contributed by atoms with E-state index in [0.29, 0.717) is 46.0 Å². The average Bonchev–Trinajstić information content (AvgIpc) is 3.26. The molecule has 2 heterocycles. The van der Waals surface area contributed by atoms with Crippen LogP contribution in [0, 0.1) is 10.1 Å². The number of amides is 1. The van der Waals surface area contributed by atoms with Crippen LogP contribution in [0.1, 0.15) is 45.2 Å². The maximum absolute atomic E-state index is 13.7. The molecule has 1 aromatic heterocycles. The minimum atomic E-state index is -0.852. The number of allylic oxidation sites excluding steroid dienone is 1. The molecule has 1 aliphatic heterocycles. The van der Waals surface area contributed by atoms with Crippen molar-refractivity contribution in [1.29, 1.82) is 0 Å². The molecule has 0 spiro atoms. The first kappa shape index (κ1) is 25.2. The maximum Gasteiger partial charge on any atom is 0.275 e. The number of anilines is 2. The standard InChI is InChI=1S/C25H28N6O4S/c1-4-6-15-36-25-28-24-26-16(3)21(23(32)27-18-12-8-10-14-20(18)35-5-2)22(30(24)29-25)17-11-7-9-13-19(17)31(33)34/h7-14,22H,4-6,15H2,1-3H3,(H,27,32)(H,26,28,29). The summed E-state index contributed by atoms with van der Waals surface area (Å²) in [5, 5.41) is 23.2. The molecule has 0 radical (unpaired) electrons. The van der Waals surface area contributed by atoms with Crippen molar-refractivity contribution < 1.29 is 14.5 Å². The highest BCUT2D eigenvalue weighted by Crippen LogP contribution is 2.40. The van der Waals surface area contributed by atoms with E-state index in [9.17, 15) is 14.9 Å². The minimum Gasteiger partial charge on any atom is -0.492 e. The molecular formula is C25H28N6O4S. The Labute approximate surface area is 213 Å². The summed E-state index contributed by atoms with van der Waals surface area (Å²) in [7, 11) is 0. The fourth-order valence-electron chi connectivity index (χ4n) is 4.01. The van der Waals surface area contributed by atoms with Gasteiger partial charge in [0, 0.05) is 17.5 Å². The van der Waals surface area contributed by atoms with Crippen LogP contribution in [0.5, 0.6) is 5.75 Å². The molecule has 11 heteroatoms. The molecule has 3 aromatic rings. The van der Waals surface area contributed by atoms with Gasteiger partial charge in [0.2, 0.25) is 11.1 Å². The van der Waals surface area contributed by atoms with Gasteiger partial charge in [0.05, 0.1) is 28.4 Å². The number of hydrogen-bond acceptors (Lipinski definition) is 8. The number of hydrogen-bond donors (Lipinski definition) is 2. The zero-order valence-electron chi connectivity index (χ0n) is 20.4. The number of unbranched alkanes of at least 4 members (excludes halogenated alkanes) is 1. The summed E-state index contributed by atoms with van der Waals surface area (Å²) in [5.41, 5.74) is 1.60. The van der Waals surface area contributed by atoms with Gasteiger partial charge in [-0.2, -0.15) is 4.98 Å². The number of rotatable bonds is 10. The normalized spacial score (nSPS) is 14.7. The number of carbonyl (C=O) groups is 1. The number of para-hydroxylation sites is 3.